The molecular weight excluding hydrogens is 515 g/mol. The zero-order valence-electron chi connectivity index (χ0n) is 17.7. The topological polar surface area (TPSA) is 113 Å². The molecule has 4 aromatic rings. The van der Waals surface area contributed by atoms with E-state index in [1.807, 2.05) is 0 Å². The molecule has 35 heavy (non-hydrogen) atoms. The second kappa shape index (κ2) is 9.24. The first-order valence-electron chi connectivity index (χ1n) is 9.65. The molecular formula is C21H15ClF3N3O6S. The average molecular weight is 530 g/mol. The van der Waals surface area contributed by atoms with Gasteiger partial charge in [-0.15, -0.1) is 13.2 Å². The van der Waals surface area contributed by atoms with E-state index in [0.717, 1.165) is 0 Å². The number of aromatic nitrogens is 2. The van der Waals surface area contributed by atoms with Gasteiger partial charge in [-0.3, -0.25) is 18.8 Å². The summed E-state index contributed by atoms with van der Waals surface area (Å²) in [5.74, 6) is 0.0400. The summed E-state index contributed by atoms with van der Waals surface area (Å²) in [7, 11) is -2.74. The van der Waals surface area contributed by atoms with E-state index in [0.29, 0.717) is 10.9 Å². The molecule has 9 nitrogen and oxygen atoms in total. The second-order valence-corrected chi connectivity index (χ2v) is 9.16. The van der Waals surface area contributed by atoms with E-state index < -0.39 is 28.6 Å². The first kappa shape index (κ1) is 24.6. The highest BCUT2D eigenvalue weighted by Crippen LogP contribution is 2.33. The summed E-state index contributed by atoms with van der Waals surface area (Å²) >= 11 is 6.17. The summed E-state index contributed by atoms with van der Waals surface area (Å²) in [6, 6.07) is 10.5. The van der Waals surface area contributed by atoms with Gasteiger partial charge in [0.25, 0.3) is 15.6 Å². The molecule has 2 aromatic carbocycles. The molecule has 0 aliphatic rings. The van der Waals surface area contributed by atoms with Crippen LogP contribution in [0.15, 0.2) is 69.0 Å². The Hall–Kier alpha value is -3.55. The van der Waals surface area contributed by atoms with Crippen molar-refractivity contribution in [3.05, 3.63) is 75.7 Å². The van der Waals surface area contributed by atoms with Crippen LogP contribution in [0.2, 0.25) is 5.02 Å². The molecule has 0 spiro atoms. The lowest BCUT2D eigenvalue weighted by atomic mass is 10.1. The van der Waals surface area contributed by atoms with Gasteiger partial charge in [-0.25, -0.2) is 8.42 Å². The fourth-order valence-corrected chi connectivity index (χ4v) is 4.54. The summed E-state index contributed by atoms with van der Waals surface area (Å²) in [5.41, 5.74) is -0.0839. The number of benzene rings is 2. The van der Waals surface area contributed by atoms with Crippen LogP contribution in [0.1, 0.15) is 5.56 Å². The summed E-state index contributed by atoms with van der Waals surface area (Å²) in [5, 5.41) is 3.79. The number of fused-ring (bicyclic) bond motifs is 1. The van der Waals surface area contributed by atoms with Crippen LogP contribution >= 0.6 is 11.6 Å². The lowest BCUT2D eigenvalue weighted by molar-refractivity contribution is -0.330. The van der Waals surface area contributed by atoms with Gasteiger partial charge in [0.05, 0.1) is 29.8 Å². The first-order chi connectivity index (χ1) is 16.5. The molecule has 0 aliphatic heterocycles. The number of alkyl halides is 3. The Balaban J connectivity index is 1.80. The van der Waals surface area contributed by atoms with Crippen molar-refractivity contribution in [2.45, 2.75) is 17.9 Å². The maximum absolute atomic E-state index is 12.8. The molecule has 2 heterocycles. The molecule has 0 saturated carbocycles. The van der Waals surface area contributed by atoms with Crippen molar-refractivity contribution >= 4 is 38.3 Å². The fourth-order valence-electron chi connectivity index (χ4n) is 3.29. The lowest BCUT2D eigenvalue weighted by Crippen LogP contribution is -2.19. The number of pyridine rings is 1. The van der Waals surface area contributed by atoms with Crippen molar-refractivity contribution in [1.29, 1.82) is 0 Å². The van der Waals surface area contributed by atoms with E-state index in [-0.39, 0.29) is 32.7 Å². The van der Waals surface area contributed by atoms with Crippen LogP contribution in [0.4, 0.5) is 19.0 Å². The number of halogens is 4. The number of nitrogens with zero attached hydrogens (tertiary/aromatic N) is 2. The molecule has 0 saturated heterocycles. The lowest BCUT2D eigenvalue weighted by Gasteiger charge is -2.17. The van der Waals surface area contributed by atoms with Crippen molar-refractivity contribution < 1.29 is 35.6 Å². The van der Waals surface area contributed by atoms with Gasteiger partial charge in [0.15, 0.2) is 5.82 Å². The van der Waals surface area contributed by atoms with Crippen molar-refractivity contribution in [3.63, 3.8) is 0 Å². The van der Waals surface area contributed by atoms with Crippen molar-refractivity contribution in [1.82, 2.24) is 9.72 Å². The quantitative estimate of drug-likeness (QED) is 0.375. The number of anilines is 1. The maximum Gasteiger partial charge on any atom is 0.522 e. The molecule has 0 fully saturated rings. The van der Waals surface area contributed by atoms with Crippen molar-refractivity contribution in [2.75, 3.05) is 11.8 Å². The van der Waals surface area contributed by atoms with Crippen LogP contribution in [-0.4, -0.2) is 31.6 Å². The molecule has 0 bridgehead atoms. The Bertz CT molecular complexity index is 1550. The van der Waals surface area contributed by atoms with Gasteiger partial charge in [-0.05, 0) is 36.4 Å². The van der Waals surface area contributed by atoms with E-state index in [1.165, 1.54) is 66.5 Å². The smallest absolute Gasteiger partial charge is 0.495 e. The van der Waals surface area contributed by atoms with Crippen LogP contribution in [0.5, 0.6) is 5.75 Å². The van der Waals surface area contributed by atoms with Crippen LogP contribution < -0.4 is 15.0 Å². The number of nitrogens with one attached hydrogen (secondary N) is 1. The highest BCUT2D eigenvalue weighted by molar-refractivity contribution is 7.92. The summed E-state index contributed by atoms with van der Waals surface area (Å²) in [4.78, 5) is 12.7. The first-order valence-corrected chi connectivity index (χ1v) is 11.5. The molecule has 1 N–H and O–H groups in total. The molecule has 14 heteroatoms. The van der Waals surface area contributed by atoms with Crippen LogP contribution in [0.25, 0.3) is 16.6 Å². The van der Waals surface area contributed by atoms with Gasteiger partial charge in [0.2, 0.25) is 0 Å². The Morgan fingerprint density at radius 1 is 1.14 bits per heavy atom. The normalized spacial score (nSPS) is 12.1. The zero-order valence-corrected chi connectivity index (χ0v) is 19.2. The number of methoxy groups -OCH3 is 1. The number of sulfonamides is 1. The third kappa shape index (κ3) is 5.26. The number of rotatable bonds is 7. The molecule has 0 aliphatic carbocycles. The highest BCUT2D eigenvalue weighted by atomic mass is 35.5. The molecule has 184 valence electrons. The molecule has 0 atom stereocenters. The van der Waals surface area contributed by atoms with Crippen LogP contribution in [0.3, 0.4) is 0 Å². The Kier molecular flexibility index (Phi) is 6.49. The number of ether oxygens (including phenoxy) is 2. The van der Waals surface area contributed by atoms with E-state index in [4.69, 9.17) is 16.3 Å². The van der Waals surface area contributed by atoms with Gasteiger partial charge in [-0.2, -0.15) is 0 Å². The van der Waals surface area contributed by atoms with Crippen molar-refractivity contribution in [3.8, 4) is 11.4 Å². The standard InChI is InChI=1S/C21H15ClF3N3O6S/c1-32-18-9-13(11-33-21(23,24)25)15(22)10-17(18)28-16-4-3-14(8-12(16)2-5-20(28)29)35(30,31)27-19-6-7-34-26-19/h2-10H,11H2,1H3,(H,26,27). The Morgan fingerprint density at radius 2 is 1.91 bits per heavy atom. The molecule has 0 amide bonds. The summed E-state index contributed by atoms with van der Waals surface area (Å²) < 4.78 is 79.9. The number of hydrogen-bond acceptors (Lipinski definition) is 7. The molecule has 2 aromatic heterocycles. The minimum Gasteiger partial charge on any atom is -0.495 e. The Labute approximate surface area is 200 Å². The minimum atomic E-state index is -4.86. The minimum absolute atomic E-state index is 0.00909. The van der Waals surface area contributed by atoms with Gasteiger partial charge < -0.3 is 9.26 Å². The van der Waals surface area contributed by atoms with Gasteiger partial charge in [0, 0.05) is 28.1 Å². The Morgan fingerprint density at radius 3 is 2.57 bits per heavy atom. The maximum atomic E-state index is 12.8. The van der Waals surface area contributed by atoms with E-state index in [2.05, 4.69) is 19.1 Å². The molecule has 4 rings (SSSR count). The molecule has 0 unspecified atom stereocenters. The third-order valence-electron chi connectivity index (χ3n) is 4.83. The number of hydrogen-bond donors (Lipinski definition) is 1. The fraction of sp³-hybridized carbons (Fsp3) is 0.143. The van der Waals surface area contributed by atoms with Crippen LogP contribution in [0, 0.1) is 0 Å². The highest BCUT2D eigenvalue weighted by Gasteiger charge is 2.29. The second-order valence-electron chi connectivity index (χ2n) is 7.07. The average Bonchev–Trinajstić information content (AvgIpc) is 3.29. The monoisotopic (exact) mass is 529 g/mol. The zero-order chi connectivity index (χ0) is 25.4. The van der Waals surface area contributed by atoms with E-state index in [9.17, 15) is 26.4 Å². The summed E-state index contributed by atoms with van der Waals surface area (Å²) in [6.45, 7) is -0.858. The predicted octanol–water partition coefficient (Wildman–Crippen LogP) is 4.48. The summed E-state index contributed by atoms with van der Waals surface area (Å²) in [6.07, 6.45) is -3.65. The van der Waals surface area contributed by atoms with Crippen LogP contribution in [-0.2, 0) is 21.4 Å². The third-order valence-corrected chi connectivity index (χ3v) is 6.54. The molecule has 0 radical (unpaired) electrons. The van der Waals surface area contributed by atoms with E-state index in [1.54, 1.807) is 0 Å². The largest absolute Gasteiger partial charge is 0.522 e. The predicted molar refractivity (Wildman–Crippen MR) is 119 cm³/mol. The van der Waals surface area contributed by atoms with Crippen molar-refractivity contribution in [2.24, 2.45) is 0 Å². The SMILES string of the molecule is COc1cc(COC(F)(F)F)c(Cl)cc1-n1c(=O)ccc2cc(S(=O)(=O)Nc3ccon3)ccc21. The van der Waals surface area contributed by atoms with Gasteiger partial charge >= 0.3 is 6.36 Å². The van der Waals surface area contributed by atoms with Gasteiger partial charge in [0.1, 0.15) is 12.0 Å². The van der Waals surface area contributed by atoms with E-state index >= 15 is 0 Å². The van der Waals surface area contributed by atoms with Gasteiger partial charge in [-0.1, -0.05) is 16.8 Å².